The summed E-state index contributed by atoms with van der Waals surface area (Å²) in [6.07, 6.45) is 1.72. The molecule has 1 saturated heterocycles. The third kappa shape index (κ3) is 2.76. The zero-order valence-corrected chi connectivity index (χ0v) is 12.8. The maximum Gasteiger partial charge on any atom is 0.295 e. The van der Waals surface area contributed by atoms with Crippen LogP contribution in [0.5, 0.6) is 0 Å². The van der Waals surface area contributed by atoms with Crippen molar-refractivity contribution in [3.8, 4) is 17.5 Å². The molecule has 0 saturated carbocycles. The number of amidine groups is 1. The van der Waals surface area contributed by atoms with Gasteiger partial charge in [-0.1, -0.05) is 41.6 Å². The first-order valence-electron chi connectivity index (χ1n) is 6.77. The third-order valence-electron chi connectivity index (χ3n) is 3.32. The van der Waals surface area contributed by atoms with Crippen molar-refractivity contribution >= 4 is 22.8 Å². The average Bonchev–Trinajstić information content (AvgIpc) is 3.17. The van der Waals surface area contributed by atoms with Crippen molar-refractivity contribution in [1.29, 1.82) is 5.26 Å². The molecule has 1 fully saturated rings. The lowest BCUT2D eigenvalue weighted by atomic mass is 10.1. The van der Waals surface area contributed by atoms with Crippen LogP contribution in [0.1, 0.15) is 16.1 Å². The second-order valence-electron chi connectivity index (χ2n) is 4.83. The van der Waals surface area contributed by atoms with Gasteiger partial charge >= 0.3 is 0 Å². The summed E-state index contributed by atoms with van der Waals surface area (Å²) in [6.45, 7) is 2.55. The molecule has 2 aromatic rings. The van der Waals surface area contributed by atoms with Crippen molar-refractivity contribution in [2.75, 3.05) is 12.3 Å². The Morgan fingerprint density at radius 2 is 2.09 bits per heavy atom. The first kappa shape index (κ1) is 14.4. The van der Waals surface area contributed by atoms with Crippen molar-refractivity contribution in [3.05, 3.63) is 47.7 Å². The number of aliphatic imine (C=N–C) groups is 1. The van der Waals surface area contributed by atoms with Gasteiger partial charge in [0.15, 0.2) is 10.9 Å². The lowest BCUT2D eigenvalue weighted by Gasteiger charge is -2.12. The highest BCUT2D eigenvalue weighted by Gasteiger charge is 2.28. The molecule has 0 bridgehead atoms. The van der Waals surface area contributed by atoms with Crippen LogP contribution in [0.4, 0.5) is 0 Å². The Bertz CT molecular complexity index is 771. The van der Waals surface area contributed by atoms with Crippen LogP contribution in [0.3, 0.4) is 0 Å². The van der Waals surface area contributed by atoms with Crippen LogP contribution < -0.4 is 0 Å². The molecule has 3 rings (SSSR count). The van der Waals surface area contributed by atoms with Gasteiger partial charge in [0.25, 0.3) is 5.91 Å². The molecule has 0 aliphatic carbocycles. The SMILES string of the molecule is Cc1ccc(-c2ccc(C(=O)N3CCSC3=NC#N)o2)cc1. The lowest BCUT2D eigenvalue weighted by Crippen LogP contribution is -2.31. The van der Waals surface area contributed by atoms with E-state index in [1.165, 1.54) is 16.7 Å². The molecular formula is C16H13N3O2S. The van der Waals surface area contributed by atoms with Crippen molar-refractivity contribution in [2.45, 2.75) is 6.92 Å². The summed E-state index contributed by atoms with van der Waals surface area (Å²) < 4.78 is 5.67. The van der Waals surface area contributed by atoms with E-state index in [0.29, 0.717) is 17.5 Å². The van der Waals surface area contributed by atoms with E-state index in [-0.39, 0.29) is 11.7 Å². The van der Waals surface area contributed by atoms with Gasteiger partial charge in [-0.15, -0.1) is 4.99 Å². The maximum atomic E-state index is 12.5. The third-order valence-corrected chi connectivity index (χ3v) is 4.28. The monoisotopic (exact) mass is 311 g/mol. The molecule has 22 heavy (non-hydrogen) atoms. The minimum Gasteiger partial charge on any atom is -0.451 e. The molecule has 0 atom stereocenters. The molecule has 6 heteroatoms. The fourth-order valence-corrected chi connectivity index (χ4v) is 3.08. The Balaban J connectivity index is 1.84. The summed E-state index contributed by atoms with van der Waals surface area (Å²) in [6, 6.07) is 11.3. The summed E-state index contributed by atoms with van der Waals surface area (Å²) in [5, 5.41) is 9.09. The highest BCUT2D eigenvalue weighted by atomic mass is 32.2. The highest BCUT2D eigenvalue weighted by Crippen LogP contribution is 2.25. The van der Waals surface area contributed by atoms with E-state index in [4.69, 9.17) is 9.68 Å². The predicted octanol–water partition coefficient (Wildman–Crippen LogP) is 3.28. The van der Waals surface area contributed by atoms with Gasteiger partial charge in [-0.2, -0.15) is 5.26 Å². The molecule has 110 valence electrons. The molecule has 0 radical (unpaired) electrons. The number of rotatable bonds is 2. The predicted molar refractivity (Wildman–Crippen MR) is 85.4 cm³/mol. The molecule has 1 aliphatic rings. The number of aryl methyl sites for hydroxylation is 1. The van der Waals surface area contributed by atoms with Crippen molar-refractivity contribution in [1.82, 2.24) is 4.90 Å². The molecule has 5 nitrogen and oxygen atoms in total. The van der Waals surface area contributed by atoms with Gasteiger partial charge in [0, 0.05) is 17.9 Å². The van der Waals surface area contributed by atoms with Crippen LogP contribution in [0.2, 0.25) is 0 Å². The van der Waals surface area contributed by atoms with Gasteiger partial charge in [-0.25, -0.2) is 0 Å². The summed E-state index contributed by atoms with van der Waals surface area (Å²) in [7, 11) is 0. The zero-order chi connectivity index (χ0) is 15.5. The molecular weight excluding hydrogens is 298 g/mol. The van der Waals surface area contributed by atoms with Gasteiger partial charge in [0.05, 0.1) is 0 Å². The first-order chi connectivity index (χ1) is 10.7. The molecule has 1 aromatic carbocycles. The summed E-state index contributed by atoms with van der Waals surface area (Å²) >= 11 is 1.39. The van der Waals surface area contributed by atoms with E-state index in [9.17, 15) is 4.79 Å². The summed E-state index contributed by atoms with van der Waals surface area (Å²) in [4.78, 5) is 17.6. The normalized spacial score (nSPS) is 16.0. The van der Waals surface area contributed by atoms with Gasteiger partial charge in [-0.05, 0) is 19.1 Å². The van der Waals surface area contributed by atoms with E-state index >= 15 is 0 Å². The fourth-order valence-electron chi connectivity index (χ4n) is 2.18. The summed E-state index contributed by atoms with van der Waals surface area (Å²) in [5.74, 6) is 1.37. The molecule has 0 spiro atoms. The van der Waals surface area contributed by atoms with Gasteiger partial charge in [-0.3, -0.25) is 9.69 Å². The topological polar surface area (TPSA) is 69.6 Å². The summed E-state index contributed by atoms with van der Waals surface area (Å²) in [5.41, 5.74) is 2.09. The van der Waals surface area contributed by atoms with Crippen LogP contribution in [-0.2, 0) is 0 Å². The minimum absolute atomic E-state index is 0.253. The Kier molecular flexibility index (Phi) is 3.98. The minimum atomic E-state index is -0.266. The smallest absolute Gasteiger partial charge is 0.295 e. The number of thioether (sulfide) groups is 1. The number of amides is 1. The van der Waals surface area contributed by atoms with Crippen molar-refractivity contribution < 1.29 is 9.21 Å². The number of hydrogen-bond donors (Lipinski definition) is 0. The number of furan rings is 1. The molecule has 1 amide bonds. The number of nitrogens with zero attached hydrogens (tertiary/aromatic N) is 3. The standard InChI is InChI=1S/C16H13N3O2S/c1-11-2-4-12(5-3-11)13-6-7-14(21-13)15(20)19-8-9-22-16(19)18-10-17/h2-7H,8-9H2,1H3. The van der Waals surface area contributed by atoms with E-state index in [1.54, 1.807) is 18.3 Å². The number of carbonyl (C=O) groups excluding carboxylic acids is 1. The number of carbonyl (C=O) groups is 1. The molecule has 1 aromatic heterocycles. The number of nitriles is 1. The van der Waals surface area contributed by atoms with E-state index in [0.717, 1.165) is 16.9 Å². The first-order valence-corrected chi connectivity index (χ1v) is 7.76. The quantitative estimate of drug-likeness (QED) is 0.798. The average molecular weight is 311 g/mol. The van der Waals surface area contributed by atoms with Gasteiger partial charge < -0.3 is 4.42 Å². The lowest BCUT2D eigenvalue weighted by molar-refractivity contribution is 0.0830. The van der Waals surface area contributed by atoms with Gasteiger partial charge in [0.2, 0.25) is 6.19 Å². The fraction of sp³-hybridized carbons (Fsp3) is 0.188. The Morgan fingerprint density at radius 1 is 1.32 bits per heavy atom. The van der Waals surface area contributed by atoms with Crippen LogP contribution >= 0.6 is 11.8 Å². The molecule has 0 N–H and O–H groups in total. The number of benzene rings is 1. The van der Waals surface area contributed by atoms with E-state index < -0.39 is 0 Å². The van der Waals surface area contributed by atoms with Crippen LogP contribution in [0.25, 0.3) is 11.3 Å². The zero-order valence-electron chi connectivity index (χ0n) is 11.9. The largest absolute Gasteiger partial charge is 0.451 e. The van der Waals surface area contributed by atoms with Crippen LogP contribution in [-0.4, -0.2) is 28.3 Å². The Morgan fingerprint density at radius 3 is 2.82 bits per heavy atom. The molecule has 2 heterocycles. The molecule has 0 unspecified atom stereocenters. The second kappa shape index (κ2) is 6.08. The van der Waals surface area contributed by atoms with E-state index in [2.05, 4.69) is 4.99 Å². The van der Waals surface area contributed by atoms with Crippen LogP contribution in [0, 0.1) is 18.4 Å². The molecule has 1 aliphatic heterocycles. The van der Waals surface area contributed by atoms with Crippen molar-refractivity contribution in [2.24, 2.45) is 4.99 Å². The highest BCUT2D eigenvalue weighted by molar-refractivity contribution is 8.14. The Labute approximate surface area is 132 Å². The van der Waals surface area contributed by atoms with Gasteiger partial charge in [0.1, 0.15) is 5.76 Å². The van der Waals surface area contributed by atoms with Crippen molar-refractivity contribution in [3.63, 3.8) is 0 Å². The van der Waals surface area contributed by atoms with E-state index in [1.807, 2.05) is 31.2 Å². The second-order valence-corrected chi connectivity index (χ2v) is 5.89. The van der Waals surface area contributed by atoms with Crippen LogP contribution in [0.15, 0.2) is 45.8 Å². The number of hydrogen-bond acceptors (Lipinski definition) is 5. The maximum absolute atomic E-state index is 12.5. The Hall–Kier alpha value is -2.52.